The van der Waals surface area contributed by atoms with Gasteiger partial charge in [0.05, 0.1) is 33.1 Å². The molecule has 21 heavy (non-hydrogen) atoms. The van der Waals surface area contributed by atoms with E-state index in [0.717, 1.165) is 5.69 Å². The number of aromatic nitrogens is 2. The molecule has 2 aromatic rings. The van der Waals surface area contributed by atoms with Crippen LogP contribution in [0.4, 0.5) is 0 Å². The van der Waals surface area contributed by atoms with Gasteiger partial charge in [-0.2, -0.15) is 5.10 Å². The number of rotatable bonds is 6. The van der Waals surface area contributed by atoms with Gasteiger partial charge in [-0.05, 0) is 12.1 Å². The highest BCUT2D eigenvalue weighted by atomic mass is 16.5. The Bertz CT molecular complexity index is 610. The first-order chi connectivity index (χ1) is 10.1. The zero-order valence-corrected chi connectivity index (χ0v) is 12.7. The number of aryl methyl sites for hydroxylation is 1. The number of aliphatic hydroxyl groups excluding tert-OH is 1. The van der Waals surface area contributed by atoms with Gasteiger partial charge >= 0.3 is 0 Å². The Balaban J connectivity index is 2.32. The summed E-state index contributed by atoms with van der Waals surface area (Å²) in [6, 6.07) is 5.30. The van der Waals surface area contributed by atoms with Gasteiger partial charge in [-0.25, -0.2) is 0 Å². The van der Waals surface area contributed by atoms with Crippen molar-refractivity contribution in [1.82, 2.24) is 9.78 Å². The predicted molar refractivity (Wildman–Crippen MR) is 78.0 cm³/mol. The maximum absolute atomic E-state index is 10.5. The van der Waals surface area contributed by atoms with Crippen LogP contribution in [0.15, 0.2) is 24.4 Å². The Morgan fingerprint density at radius 2 is 1.71 bits per heavy atom. The molecular weight excluding hydrogens is 272 g/mol. The fraction of sp³-hybridized carbons (Fsp3) is 0.400. The Morgan fingerprint density at radius 1 is 1.10 bits per heavy atom. The maximum atomic E-state index is 10.5. The highest BCUT2D eigenvalue weighted by Crippen LogP contribution is 2.38. The first kappa shape index (κ1) is 15.2. The summed E-state index contributed by atoms with van der Waals surface area (Å²) < 4.78 is 17.5. The molecule has 114 valence electrons. The number of hydrogen-bond acceptors (Lipinski definition) is 5. The van der Waals surface area contributed by atoms with Crippen LogP contribution in [0.5, 0.6) is 17.2 Å². The number of benzene rings is 1. The van der Waals surface area contributed by atoms with Crippen molar-refractivity contribution >= 4 is 0 Å². The number of methoxy groups -OCH3 is 3. The molecule has 0 aliphatic rings. The average Bonchev–Trinajstić information content (AvgIpc) is 2.90. The van der Waals surface area contributed by atoms with E-state index in [1.54, 1.807) is 38.1 Å². The Morgan fingerprint density at radius 3 is 2.24 bits per heavy atom. The monoisotopic (exact) mass is 292 g/mol. The van der Waals surface area contributed by atoms with E-state index < -0.39 is 6.10 Å². The third-order valence-electron chi connectivity index (χ3n) is 3.27. The third-order valence-corrected chi connectivity index (χ3v) is 3.27. The van der Waals surface area contributed by atoms with Gasteiger partial charge in [-0.3, -0.25) is 4.68 Å². The summed E-state index contributed by atoms with van der Waals surface area (Å²) in [4.78, 5) is 0. The van der Waals surface area contributed by atoms with Crippen LogP contribution in [-0.4, -0.2) is 36.2 Å². The lowest BCUT2D eigenvalue weighted by Crippen LogP contribution is -2.06. The Kier molecular flexibility index (Phi) is 4.70. The summed E-state index contributed by atoms with van der Waals surface area (Å²) >= 11 is 0. The maximum Gasteiger partial charge on any atom is 0.164 e. The Hall–Kier alpha value is -2.21. The van der Waals surface area contributed by atoms with Gasteiger partial charge in [0.15, 0.2) is 11.5 Å². The topological polar surface area (TPSA) is 65.7 Å². The minimum Gasteiger partial charge on any atom is -0.496 e. The molecule has 1 N–H and O–H groups in total. The number of aliphatic hydroxyl groups is 1. The van der Waals surface area contributed by atoms with Crippen LogP contribution in [-0.2, 0) is 13.5 Å². The van der Waals surface area contributed by atoms with Crippen LogP contribution in [0.3, 0.4) is 0 Å². The van der Waals surface area contributed by atoms with E-state index in [9.17, 15) is 5.11 Å². The minimum absolute atomic E-state index is 0.396. The quantitative estimate of drug-likeness (QED) is 0.878. The molecule has 1 aromatic heterocycles. The summed E-state index contributed by atoms with van der Waals surface area (Å²) in [6.45, 7) is 0. The molecule has 1 aromatic carbocycles. The van der Waals surface area contributed by atoms with Crippen LogP contribution in [0.1, 0.15) is 17.4 Å². The highest BCUT2D eigenvalue weighted by Gasteiger charge is 2.19. The molecule has 6 heteroatoms. The SMILES string of the molecule is COc1cc(OC)c(C(O)Cc2ccn(C)n2)cc1OC. The van der Waals surface area contributed by atoms with E-state index in [0.29, 0.717) is 29.2 Å². The van der Waals surface area contributed by atoms with Gasteiger partial charge in [-0.1, -0.05) is 0 Å². The Labute approximate surface area is 123 Å². The minimum atomic E-state index is -0.741. The molecule has 0 radical (unpaired) electrons. The summed E-state index contributed by atoms with van der Waals surface area (Å²) in [5.41, 5.74) is 1.45. The molecule has 0 bridgehead atoms. The molecule has 0 saturated carbocycles. The molecule has 0 amide bonds. The van der Waals surface area contributed by atoms with E-state index in [1.807, 2.05) is 19.3 Å². The van der Waals surface area contributed by atoms with Gasteiger partial charge in [0.2, 0.25) is 0 Å². The second-order valence-electron chi connectivity index (χ2n) is 4.65. The van der Waals surface area contributed by atoms with Crippen molar-refractivity contribution in [1.29, 1.82) is 0 Å². The van der Waals surface area contributed by atoms with Crippen molar-refractivity contribution < 1.29 is 19.3 Å². The lowest BCUT2D eigenvalue weighted by atomic mass is 10.0. The molecule has 0 saturated heterocycles. The van der Waals surface area contributed by atoms with Crippen molar-refractivity contribution in [2.24, 2.45) is 7.05 Å². The number of hydrogen-bond donors (Lipinski definition) is 1. The van der Waals surface area contributed by atoms with E-state index >= 15 is 0 Å². The molecule has 1 heterocycles. The standard InChI is InChI=1S/C15H20N2O4/c1-17-6-5-10(16-17)7-12(18)11-8-14(20-3)15(21-4)9-13(11)19-2/h5-6,8-9,12,18H,7H2,1-4H3. The number of ether oxygens (including phenoxy) is 3. The first-order valence-electron chi connectivity index (χ1n) is 6.55. The lowest BCUT2D eigenvalue weighted by Gasteiger charge is -2.17. The molecular formula is C15H20N2O4. The highest BCUT2D eigenvalue weighted by molar-refractivity contribution is 5.51. The van der Waals surface area contributed by atoms with E-state index in [-0.39, 0.29) is 0 Å². The van der Waals surface area contributed by atoms with Crippen molar-refractivity contribution in [2.45, 2.75) is 12.5 Å². The number of nitrogens with zero attached hydrogens (tertiary/aromatic N) is 2. The molecule has 2 rings (SSSR count). The smallest absolute Gasteiger partial charge is 0.164 e. The van der Waals surface area contributed by atoms with Crippen molar-refractivity contribution in [3.8, 4) is 17.2 Å². The van der Waals surface area contributed by atoms with Gasteiger partial charge in [0, 0.05) is 31.3 Å². The molecule has 1 atom stereocenters. The molecule has 6 nitrogen and oxygen atoms in total. The predicted octanol–water partition coefficient (Wildman–Crippen LogP) is 1.72. The second-order valence-corrected chi connectivity index (χ2v) is 4.65. The molecule has 0 aliphatic carbocycles. The lowest BCUT2D eigenvalue weighted by molar-refractivity contribution is 0.172. The van der Waals surface area contributed by atoms with Crippen LogP contribution >= 0.6 is 0 Å². The first-order valence-corrected chi connectivity index (χ1v) is 6.55. The molecule has 1 unspecified atom stereocenters. The molecule has 0 spiro atoms. The van der Waals surface area contributed by atoms with Crippen molar-refractivity contribution in [3.63, 3.8) is 0 Å². The van der Waals surface area contributed by atoms with E-state index in [4.69, 9.17) is 14.2 Å². The largest absolute Gasteiger partial charge is 0.496 e. The summed E-state index contributed by atoms with van der Waals surface area (Å²) in [6.07, 6.45) is 1.50. The van der Waals surface area contributed by atoms with Gasteiger partial charge < -0.3 is 19.3 Å². The molecule has 0 aliphatic heterocycles. The van der Waals surface area contributed by atoms with E-state index in [1.165, 1.54) is 0 Å². The fourth-order valence-corrected chi connectivity index (χ4v) is 2.19. The van der Waals surface area contributed by atoms with Gasteiger partial charge in [0.25, 0.3) is 0 Å². The zero-order chi connectivity index (χ0) is 15.4. The fourth-order valence-electron chi connectivity index (χ4n) is 2.19. The van der Waals surface area contributed by atoms with Crippen molar-refractivity contribution in [3.05, 3.63) is 35.7 Å². The third kappa shape index (κ3) is 3.28. The molecule has 0 fully saturated rings. The summed E-state index contributed by atoms with van der Waals surface area (Å²) in [5.74, 6) is 1.66. The van der Waals surface area contributed by atoms with E-state index in [2.05, 4.69) is 5.10 Å². The van der Waals surface area contributed by atoms with Gasteiger partial charge in [-0.15, -0.1) is 0 Å². The zero-order valence-electron chi connectivity index (χ0n) is 12.7. The second kappa shape index (κ2) is 6.49. The van der Waals surface area contributed by atoms with Crippen LogP contribution < -0.4 is 14.2 Å². The van der Waals surface area contributed by atoms with Crippen LogP contribution in [0.2, 0.25) is 0 Å². The summed E-state index contributed by atoms with van der Waals surface area (Å²) in [7, 11) is 6.51. The normalized spacial score (nSPS) is 12.0. The van der Waals surface area contributed by atoms with Crippen molar-refractivity contribution in [2.75, 3.05) is 21.3 Å². The van der Waals surface area contributed by atoms with Crippen LogP contribution in [0.25, 0.3) is 0 Å². The van der Waals surface area contributed by atoms with Gasteiger partial charge in [0.1, 0.15) is 5.75 Å². The van der Waals surface area contributed by atoms with Crippen LogP contribution in [0, 0.1) is 0 Å². The average molecular weight is 292 g/mol. The summed E-state index contributed by atoms with van der Waals surface area (Å²) in [5, 5.41) is 14.7.